The summed E-state index contributed by atoms with van der Waals surface area (Å²) in [5.41, 5.74) is 7.74. The van der Waals surface area contributed by atoms with Crippen molar-refractivity contribution in [3.63, 3.8) is 0 Å². The molecular weight excluding hydrogens is 244 g/mol. The zero-order chi connectivity index (χ0) is 15.4. The van der Waals surface area contributed by atoms with Crippen LogP contribution in [0.1, 0.15) is 52.9 Å². The number of hydrogen-bond acceptors (Lipinski definition) is 2. The minimum absolute atomic E-state index is 0.265. The van der Waals surface area contributed by atoms with Crippen molar-refractivity contribution < 1.29 is 0 Å². The van der Waals surface area contributed by atoms with E-state index >= 15 is 0 Å². The van der Waals surface area contributed by atoms with Gasteiger partial charge in [-0.25, -0.2) is 0 Å². The van der Waals surface area contributed by atoms with E-state index in [9.17, 15) is 0 Å². The molecule has 2 atom stereocenters. The third-order valence-electron chi connectivity index (χ3n) is 3.22. The molecule has 0 saturated carbocycles. The molecule has 0 heterocycles. The van der Waals surface area contributed by atoms with Crippen molar-refractivity contribution in [3.8, 4) is 0 Å². The van der Waals surface area contributed by atoms with Gasteiger partial charge in [0, 0.05) is 17.8 Å². The van der Waals surface area contributed by atoms with Crippen LogP contribution in [-0.2, 0) is 0 Å². The van der Waals surface area contributed by atoms with Crippen molar-refractivity contribution >= 4 is 0 Å². The number of nitrogens with two attached hydrogens (primary N) is 1. The smallest absolute Gasteiger partial charge is 0.0439 e. The number of allylic oxidation sites excluding steroid dienone is 4. The summed E-state index contributed by atoms with van der Waals surface area (Å²) in [5.74, 6) is 0. The zero-order valence-corrected chi connectivity index (χ0v) is 13.5. The highest BCUT2D eigenvalue weighted by molar-refractivity contribution is 5.20. The SMILES string of the molecule is C=C(/C=C/C=C/CCCCCC(C)N)NC(C)C(=C)C. The number of hydrogen-bond donors (Lipinski definition) is 2. The van der Waals surface area contributed by atoms with Crippen molar-refractivity contribution in [2.45, 2.75) is 65.0 Å². The monoisotopic (exact) mass is 276 g/mol. The van der Waals surface area contributed by atoms with Crippen LogP contribution < -0.4 is 11.1 Å². The standard InChI is InChI=1S/C18H32N2/c1-15(2)18(5)20-17(4)14-12-10-8-6-7-9-11-13-16(3)19/h8,10,12,14,16,18,20H,1,4,6-7,9,11,13,19H2,2-3,5H3/b10-8+,14-12+. The molecule has 3 N–H and O–H groups in total. The highest BCUT2D eigenvalue weighted by atomic mass is 14.9. The van der Waals surface area contributed by atoms with Crippen LogP contribution in [0.3, 0.4) is 0 Å². The van der Waals surface area contributed by atoms with E-state index in [0.717, 1.165) is 24.1 Å². The molecule has 0 saturated heterocycles. The predicted molar refractivity (Wildman–Crippen MR) is 91.6 cm³/mol. The van der Waals surface area contributed by atoms with E-state index in [1.165, 1.54) is 19.3 Å². The lowest BCUT2D eigenvalue weighted by Gasteiger charge is -2.14. The highest BCUT2D eigenvalue weighted by Gasteiger charge is 1.99. The van der Waals surface area contributed by atoms with Crippen molar-refractivity contribution in [1.29, 1.82) is 0 Å². The fourth-order valence-electron chi connectivity index (χ4n) is 1.70. The van der Waals surface area contributed by atoms with Crippen LogP contribution in [0.4, 0.5) is 0 Å². The highest BCUT2D eigenvalue weighted by Crippen LogP contribution is 2.05. The van der Waals surface area contributed by atoms with Crippen LogP contribution in [0.25, 0.3) is 0 Å². The minimum atomic E-state index is 0.265. The van der Waals surface area contributed by atoms with Crippen LogP contribution in [-0.4, -0.2) is 12.1 Å². The van der Waals surface area contributed by atoms with Crippen LogP contribution in [0.5, 0.6) is 0 Å². The summed E-state index contributed by atoms with van der Waals surface area (Å²) in [6.07, 6.45) is 14.3. The Bertz CT molecular complexity index is 337. The molecule has 0 aromatic rings. The molecule has 0 bridgehead atoms. The third-order valence-corrected chi connectivity index (χ3v) is 3.22. The van der Waals surface area contributed by atoms with Crippen molar-refractivity contribution in [2.75, 3.05) is 0 Å². The van der Waals surface area contributed by atoms with Gasteiger partial charge in [0.1, 0.15) is 0 Å². The van der Waals surface area contributed by atoms with Gasteiger partial charge in [-0.15, -0.1) is 0 Å². The number of unbranched alkanes of at least 4 members (excludes halogenated alkanes) is 3. The average molecular weight is 276 g/mol. The summed E-state index contributed by atoms with van der Waals surface area (Å²) >= 11 is 0. The van der Waals surface area contributed by atoms with Crippen LogP contribution in [0.2, 0.25) is 0 Å². The van der Waals surface area contributed by atoms with E-state index in [1.807, 2.05) is 19.1 Å². The zero-order valence-electron chi connectivity index (χ0n) is 13.5. The molecule has 0 fully saturated rings. The first-order valence-corrected chi connectivity index (χ1v) is 7.63. The van der Waals surface area contributed by atoms with Gasteiger partial charge < -0.3 is 11.1 Å². The summed E-state index contributed by atoms with van der Waals surface area (Å²) < 4.78 is 0. The molecule has 2 unspecified atom stereocenters. The van der Waals surface area contributed by atoms with Gasteiger partial charge in [-0.2, -0.15) is 0 Å². The summed E-state index contributed by atoms with van der Waals surface area (Å²) in [4.78, 5) is 0. The molecule has 2 heteroatoms. The van der Waals surface area contributed by atoms with E-state index < -0.39 is 0 Å². The lowest BCUT2D eigenvalue weighted by molar-refractivity contribution is 0.582. The normalized spacial score (nSPS) is 14.6. The summed E-state index contributed by atoms with van der Waals surface area (Å²) in [6, 6.07) is 0.606. The lowest BCUT2D eigenvalue weighted by Crippen LogP contribution is -2.24. The summed E-state index contributed by atoms with van der Waals surface area (Å²) in [6.45, 7) is 14.0. The maximum Gasteiger partial charge on any atom is 0.0439 e. The Labute approximate surface area is 125 Å². The van der Waals surface area contributed by atoms with Gasteiger partial charge in [0.05, 0.1) is 0 Å². The lowest BCUT2D eigenvalue weighted by atomic mass is 10.1. The topological polar surface area (TPSA) is 38.0 Å². The molecule has 0 rings (SSSR count). The Kier molecular flexibility index (Phi) is 10.8. The van der Waals surface area contributed by atoms with Gasteiger partial charge in [-0.3, -0.25) is 0 Å². The van der Waals surface area contributed by atoms with Crippen LogP contribution in [0.15, 0.2) is 48.7 Å². The predicted octanol–water partition coefficient (Wildman–Crippen LogP) is 4.46. The summed E-state index contributed by atoms with van der Waals surface area (Å²) in [7, 11) is 0. The molecule has 0 aliphatic heterocycles. The first-order chi connectivity index (χ1) is 9.43. The van der Waals surface area contributed by atoms with Gasteiger partial charge in [0.25, 0.3) is 0 Å². The second-order valence-corrected chi connectivity index (χ2v) is 5.64. The molecule has 0 radical (unpaired) electrons. The molecule has 114 valence electrons. The average Bonchev–Trinajstić information content (AvgIpc) is 2.36. The minimum Gasteiger partial charge on any atom is -0.379 e. The molecule has 0 aliphatic carbocycles. The first-order valence-electron chi connectivity index (χ1n) is 7.63. The van der Waals surface area contributed by atoms with E-state index in [0.29, 0.717) is 6.04 Å². The molecule has 2 nitrogen and oxygen atoms in total. The fourth-order valence-corrected chi connectivity index (χ4v) is 1.70. The molecule has 0 amide bonds. The second kappa shape index (κ2) is 11.5. The maximum absolute atomic E-state index is 5.71. The van der Waals surface area contributed by atoms with Crippen molar-refractivity contribution in [2.24, 2.45) is 5.73 Å². The Morgan fingerprint density at radius 1 is 1.15 bits per heavy atom. The summed E-state index contributed by atoms with van der Waals surface area (Å²) in [5, 5.41) is 3.28. The van der Waals surface area contributed by atoms with Crippen molar-refractivity contribution in [3.05, 3.63) is 48.7 Å². The van der Waals surface area contributed by atoms with E-state index in [2.05, 4.69) is 44.5 Å². The number of rotatable bonds is 11. The quantitative estimate of drug-likeness (QED) is 0.332. The Balaban J connectivity index is 3.65. The number of nitrogens with one attached hydrogen (secondary N) is 1. The molecule has 0 aliphatic rings. The van der Waals surface area contributed by atoms with E-state index in [4.69, 9.17) is 5.73 Å². The Morgan fingerprint density at radius 2 is 1.85 bits per heavy atom. The fraction of sp³-hybridized carbons (Fsp3) is 0.556. The second-order valence-electron chi connectivity index (χ2n) is 5.64. The molecule has 0 spiro atoms. The van der Waals surface area contributed by atoms with Crippen molar-refractivity contribution in [1.82, 2.24) is 5.32 Å². The van der Waals surface area contributed by atoms with E-state index in [1.54, 1.807) is 0 Å². The van der Waals surface area contributed by atoms with Gasteiger partial charge in [-0.05, 0) is 46.1 Å². The van der Waals surface area contributed by atoms with Gasteiger partial charge in [-0.1, -0.05) is 49.8 Å². The molecule has 0 aromatic heterocycles. The van der Waals surface area contributed by atoms with E-state index in [-0.39, 0.29) is 6.04 Å². The maximum atomic E-state index is 5.71. The van der Waals surface area contributed by atoms with Gasteiger partial charge in [0.15, 0.2) is 0 Å². The molecule has 0 aromatic carbocycles. The first kappa shape index (κ1) is 18.7. The molecular formula is C18H32N2. The largest absolute Gasteiger partial charge is 0.379 e. The Hall–Kier alpha value is -1.28. The van der Waals surface area contributed by atoms with Crippen LogP contribution in [0, 0.1) is 0 Å². The Morgan fingerprint density at radius 3 is 2.45 bits per heavy atom. The van der Waals surface area contributed by atoms with Crippen LogP contribution >= 0.6 is 0 Å². The third kappa shape index (κ3) is 11.8. The molecule has 20 heavy (non-hydrogen) atoms. The van der Waals surface area contributed by atoms with Gasteiger partial charge in [0.2, 0.25) is 0 Å². The van der Waals surface area contributed by atoms with Gasteiger partial charge >= 0.3 is 0 Å².